The number of benzene rings is 3. The molecule has 7 N–H and O–H groups in total. The van der Waals surface area contributed by atoms with Crippen LogP contribution in [0.15, 0.2) is 157 Å². The number of oxime groups is 1. The van der Waals surface area contributed by atoms with E-state index in [2.05, 4.69) is 76.9 Å². The van der Waals surface area contributed by atoms with Crippen LogP contribution in [0.2, 0.25) is 0 Å². The molecule has 0 aliphatic heterocycles. The molecule has 20 nitrogen and oxygen atoms in total. The van der Waals surface area contributed by atoms with E-state index in [9.17, 15) is 39.5 Å². The Labute approximate surface area is 424 Å². The molecule has 0 aliphatic rings. The topological polar surface area (TPSA) is 287 Å². The number of nitrogen functional groups attached to an aromatic ring is 1. The molecular weight excluding hydrogens is 1070 g/mol. The molecule has 3 aromatic carbocycles. The highest BCUT2D eigenvalue weighted by Crippen LogP contribution is 2.32. The number of hydrogen-bond donors (Lipinski definition) is 5. The van der Waals surface area contributed by atoms with Gasteiger partial charge in [0.2, 0.25) is 0 Å². The molecule has 6 heterocycles. The molecule has 9 rings (SSSR count). The number of anilines is 5. The first-order valence-corrected chi connectivity index (χ1v) is 21.3. The maximum Gasteiger partial charge on any atom is 0.416 e. The molecule has 0 fully saturated rings. The van der Waals surface area contributed by atoms with E-state index in [1.54, 1.807) is 36.8 Å². The Morgan fingerprint density at radius 3 is 1.21 bits per heavy atom. The highest BCUT2D eigenvalue weighted by molar-refractivity contribution is 9.10. The molecule has 0 spiro atoms. The first-order chi connectivity index (χ1) is 35.6. The van der Waals surface area contributed by atoms with Crippen LogP contribution < -0.4 is 22.1 Å². The number of nitrogens with zero attached hydrogens (tertiary/aromatic N) is 15. The summed E-state index contributed by atoms with van der Waals surface area (Å²) in [5, 5.41) is 46.5. The Bertz CT molecular complexity index is 3380. The summed E-state index contributed by atoms with van der Waals surface area (Å²) in [5.41, 5.74) is 10.7. The van der Waals surface area contributed by atoms with Crippen LogP contribution >= 0.6 is 15.9 Å². The number of hydrogen-bond acceptors (Lipinski definition) is 16. The first kappa shape index (κ1) is 54.4. The van der Waals surface area contributed by atoms with E-state index in [0.717, 1.165) is 36.4 Å². The maximum atomic E-state index is 12.6. The second-order valence-electron chi connectivity index (χ2n) is 14.4. The molecule has 0 saturated carbocycles. The van der Waals surface area contributed by atoms with E-state index < -0.39 is 35.2 Å². The van der Waals surface area contributed by atoms with Gasteiger partial charge in [-0.3, -0.25) is 0 Å². The number of alkyl halides is 9. The van der Waals surface area contributed by atoms with Crippen LogP contribution in [0, 0.1) is 22.7 Å². The second kappa shape index (κ2) is 24.0. The third-order valence-electron chi connectivity index (χ3n) is 9.20. The Hall–Kier alpha value is -9.97. The zero-order valence-corrected chi connectivity index (χ0v) is 39.0. The average molecular weight is 1100 g/mol. The van der Waals surface area contributed by atoms with Gasteiger partial charge < -0.3 is 27.3 Å². The van der Waals surface area contributed by atoms with Crippen molar-refractivity contribution in [1.82, 2.24) is 59.2 Å². The lowest BCUT2D eigenvalue weighted by molar-refractivity contribution is -0.138. The van der Waals surface area contributed by atoms with Crippen molar-refractivity contribution in [2.75, 3.05) is 16.4 Å². The van der Waals surface area contributed by atoms with Gasteiger partial charge in [-0.1, -0.05) is 5.16 Å². The standard InChI is InChI=1S/C15H12F3N7O.C15H9F3N6.C10H6BrF3N2.C5H4N4/c16-15(17,18)9-1-3-10(4-2-9)25-6-5-12(23-25)22-13-8-20-11(7-21-13)14(19)24-26;16-15(17,18)10-1-3-12(4-2-10)24-6-5-13(23-24)22-14-9-20-11(7-19)8-21-14;11-9-5-6-16(15-9)8-3-1-7(2-4-8)10(12,13)14;6-1-4-2-9-5(7)3-8-4/h1-8,26H,(H2,19,24)(H,21,22,23);1-6,8-9H,(H,21,22,23);1-6H;2-3H,(H2,7,9). The Morgan fingerprint density at radius 1 is 0.507 bits per heavy atom. The van der Waals surface area contributed by atoms with Crippen molar-refractivity contribution in [3.8, 4) is 29.2 Å². The second-order valence-corrected chi connectivity index (χ2v) is 15.2. The average Bonchev–Trinajstić information content (AvgIpc) is 4.19. The lowest BCUT2D eigenvalue weighted by atomic mass is 10.2. The van der Waals surface area contributed by atoms with E-state index in [-0.39, 0.29) is 22.9 Å². The van der Waals surface area contributed by atoms with E-state index in [0.29, 0.717) is 50.8 Å². The third kappa shape index (κ3) is 15.8. The quantitative estimate of drug-likeness (QED) is 0.0311. The fourth-order valence-corrected chi connectivity index (χ4v) is 5.90. The molecule has 0 bridgehead atoms. The summed E-state index contributed by atoms with van der Waals surface area (Å²) < 4.78 is 117. The van der Waals surface area contributed by atoms with E-state index in [4.69, 9.17) is 27.2 Å². The fourth-order valence-electron chi connectivity index (χ4n) is 5.61. The van der Waals surface area contributed by atoms with Crippen LogP contribution in [0.25, 0.3) is 17.1 Å². The first-order valence-electron chi connectivity index (χ1n) is 20.5. The van der Waals surface area contributed by atoms with Gasteiger partial charge in [0, 0.05) is 30.7 Å². The smallest absolute Gasteiger partial charge is 0.409 e. The molecule has 75 heavy (non-hydrogen) atoms. The minimum atomic E-state index is -4.38. The summed E-state index contributed by atoms with van der Waals surface area (Å²) in [6.45, 7) is 0. The number of nitrogens with one attached hydrogen (secondary N) is 2. The zero-order chi connectivity index (χ0) is 54.3. The summed E-state index contributed by atoms with van der Waals surface area (Å²) in [7, 11) is 0. The summed E-state index contributed by atoms with van der Waals surface area (Å²) in [6.07, 6.45) is -0.164. The van der Waals surface area contributed by atoms with Crippen molar-refractivity contribution in [2.45, 2.75) is 18.5 Å². The molecule has 0 saturated heterocycles. The zero-order valence-electron chi connectivity index (χ0n) is 37.4. The van der Waals surface area contributed by atoms with Crippen LogP contribution in [0.5, 0.6) is 0 Å². The molecule has 0 unspecified atom stereocenters. The van der Waals surface area contributed by atoms with Crippen molar-refractivity contribution in [2.24, 2.45) is 10.9 Å². The Kier molecular flexibility index (Phi) is 17.4. The van der Waals surface area contributed by atoms with E-state index in [1.165, 1.54) is 87.6 Å². The number of nitrogens with two attached hydrogens (primary N) is 2. The number of nitriles is 2. The van der Waals surface area contributed by atoms with Gasteiger partial charge in [0.15, 0.2) is 28.9 Å². The minimum absolute atomic E-state index is 0.171. The molecule has 0 aliphatic carbocycles. The monoisotopic (exact) mass is 1100 g/mol. The summed E-state index contributed by atoms with van der Waals surface area (Å²) in [4.78, 5) is 23.2. The number of aromatic nitrogens is 12. The Balaban J connectivity index is 0.000000172. The van der Waals surface area contributed by atoms with Crippen molar-refractivity contribution in [3.05, 3.63) is 185 Å². The van der Waals surface area contributed by atoms with Crippen LogP contribution in [-0.4, -0.2) is 70.3 Å². The lowest BCUT2D eigenvalue weighted by Crippen LogP contribution is -2.15. The minimum Gasteiger partial charge on any atom is -0.409 e. The van der Waals surface area contributed by atoms with Crippen molar-refractivity contribution in [1.29, 1.82) is 10.5 Å². The third-order valence-corrected chi connectivity index (χ3v) is 9.62. The van der Waals surface area contributed by atoms with Crippen molar-refractivity contribution >= 4 is 50.9 Å². The molecular formula is C45H31BrF9N19O. The fraction of sp³-hybridized carbons (Fsp3) is 0.0667. The van der Waals surface area contributed by atoms with Crippen LogP contribution in [0.4, 0.5) is 68.6 Å². The van der Waals surface area contributed by atoms with Crippen LogP contribution in [-0.2, 0) is 18.5 Å². The highest BCUT2D eigenvalue weighted by atomic mass is 79.9. The van der Waals surface area contributed by atoms with Crippen LogP contribution in [0.3, 0.4) is 0 Å². The molecule has 382 valence electrons. The number of halogens is 10. The summed E-state index contributed by atoms with van der Waals surface area (Å²) in [6, 6.07) is 22.8. The van der Waals surface area contributed by atoms with Gasteiger partial charge in [-0.2, -0.15) is 65.3 Å². The van der Waals surface area contributed by atoms with Gasteiger partial charge in [-0.05, 0) is 94.8 Å². The molecule has 30 heteroatoms. The van der Waals surface area contributed by atoms with Gasteiger partial charge in [-0.25, -0.2) is 43.9 Å². The van der Waals surface area contributed by atoms with Gasteiger partial charge >= 0.3 is 18.5 Å². The predicted molar refractivity (Wildman–Crippen MR) is 252 cm³/mol. The molecule has 0 amide bonds. The van der Waals surface area contributed by atoms with Gasteiger partial charge in [0.05, 0.1) is 70.9 Å². The molecule has 9 aromatic rings. The predicted octanol–water partition coefficient (Wildman–Crippen LogP) is 9.40. The largest absolute Gasteiger partial charge is 0.416 e. The molecule has 6 aromatic heterocycles. The van der Waals surface area contributed by atoms with Crippen molar-refractivity contribution < 1.29 is 44.7 Å². The molecule has 0 atom stereocenters. The Morgan fingerprint density at radius 2 is 0.893 bits per heavy atom. The van der Waals surface area contributed by atoms with E-state index >= 15 is 0 Å². The molecule has 0 radical (unpaired) electrons. The number of amidine groups is 1. The highest BCUT2D eigenvalue weighted by Gasteiger charge is 2.31. The normalized spacial score (nSPS) is 11.3. The SMILES string of the molecule is FC(F)(F)c1ccc(-n2ccc(Br)n2)cc1.N#Cc1cnc(N)cn1.N#Cc1cnc(Nc2ccn(-c3ccc(C(F)(F)F)cc3)n2)cn1.N/C(=N\O)c1cnc(Nc2ccn(-c3ccc(C(F)(F)F)cc3)n2)cn1. The van der Waals surface area contributed by atoms with Crippen molar-refractivity contribution in [3.63, 3.8) is 0 Å². The lowest BCUT2D eigenvalue weighted by Gasteiger charge is -2.07. The van der Waals surface area contributed by atoms with Gasteiger partial charge in [-0.15, -0.1) is 0 Å². The van der Waals surface area contributed by atoms with Gasteiger partial charge in [0.25, 0.3) is 0 Å². The van der Waals surface area contributed by atoms with Crippen LogP contribution in [0.1, 0.15) is 33.8 Å². The van der Waals surface area contributed by atoms with Gasteiger partial charge in [0.1, 0.15) is 39.9 Å². The number of rotatable bonds is 8. The maximum absolute atomic E-state index is 12.6. The summed E-state index contributed by atoms with van der Waals surface area (Å²) in [5.74, 6) is 1.76. The summed E-state index contributed by atoms with van der Waals surface area (Å²) >= 11 is 3.16. The van der Waals surface area contributed by atoms with E-state index in [1.807, 2.05) is 12.1 Å².